The van der Waals surface area contributed by atoms with Crippen LogP contribution in [0, 0.1) is 33.2 Å². The second-order valence-electron chi connectivity index (χ2n) is 27.2. The van der Waals surface area contributed by atoms with E-state index in [1.54, 1.807) is 12.4 Å². The first kappa shape index (κ1) is 65.8. The number of hydrogen-bond acceptors (Lipinski definition) is 6. The summed E-state index contributed by atoms with van der Waals surface area (Å²) < 4.78 is 12.5. The molecule has 17 rings (SSSR count). The fraction of sp³-hybridized carbons (Fsp3) is 0.124. The highest BCUT2D eigenvalue weighted by Crippen LogP contribution is 2.45. The van der Waals surface area contributed by atoms with E-state index in [1.165, 1.54) is 70.8 Å². The van der Waals surface area contributed by atoms with Crippen molar-refractivity contribution in [1.29, 1.82) is 0 Å². The van der Waals surface area contributed by atoms with Crippen LogP contribution in [0.1, 0.15) is 56.2 Å². The zero-order valence-electron chi connectivity index (χ0n) is 57.7. The minimum absolute atomic E-state index is 0.219. The Bertz CT molecular complexity index is 5910. The summed E-state index contributed by atoms with van der Waals surface area (Å²) in [6, 6.07) is 76.1. The Labute approximate surface area is 591 Å². The average Bonchev–Trinajstić information content (AvgIpc) is 1.58. The van der Waals surface area contributed by atoms with Gasteiger partial charge in [0.2, 0.25) is 5.69 Å². The van der Waals surface area contributed by atoms with Crippen LogP contribution >= 0.6 is 0 Å². The smallest absolute Gasteiger partial charge is 0.232 e. The van der Waals surface area contributed by atoms with Gasteiger partial charge in [0.1, 0.15) is 38.5 Å². The maximum absolute atomic E-state index is 7.67. The van der Waals surface area contributed by atoms with Crippen molar-refractivity contribution < 1.29 is 8.83 Å². The van der Waals surface area contributed by atoms with Gasteiger partial charge in [-0.2, -0.15) is 0 Å². The summed E-state index contributed by atoms with van der Waals surface area (Å²) in [7, 11) is -3.88. The largest absolute Gasteiger partial charge is 0.466 e. The van der Waals surface area contributed by atoms with Crippen molar-refractivity contribution in [2.45, 2.75) is 72.6 Å². The molecule has 2 aliphatic heterocycles. The van der Waals surface area contributed by atoms with Crippen LogP contribution in [0.2, 0.25) is 26.2 Å². The molecule has 0 unspecified atom stereocenters. The number of aromatic nitrogens is 4. The summed E-state index contributed by atoms with van der Waals surface area (Å²) >= 11 is 0. The van der Waals surface area contributed by atoms with Crippen LogP contribution in [-0.4, -0.2) is 36.1 Å². The minimum Gasteiger partial charge on any atom is -0.466 e. The Morgan fingerprint density at radius 2 is 0.891 bits per heavy atom. The molecule has 0 saturated carbocycles. The normalized spacial score (nSPS) is 12.5. The van der Waals surface area contributed by atoms with Gasteiger partial charge < -0.3 is 8.83 Å². The molecular weight excluding hydrogens is 1270 g/mol. The van der Waals surface area contributed by atoms with Crippen LogP contribution in [0.5, 0.6) is 0 Å². The topological polar surface area (TPSA) is 95.3 Å². The maximum Gasteiger partial charge on any atom is 0.232 e. The Balaban J connectivity index is 0.000000115. The van der Waals surface area contributed by atoms with Gasteiger partial charge >= 0.3 is 0 Å². The maximum atomic E-state index is 7.67. The van der Waals surface area contributed by atoms with Crippen molar-refractivity contribution in [3.05, 3.63) is 312 Å². The van der Waals surface area contributed by atoms with Crippen LogP contribution in [0.3, 0.4) is 0 Å². The molecule has 6 aromatic heterocycles. The third kappa shape index (κ3) is 11.9. The molecule has 9 aromatic carbocycles. The molecule has 0 aliphatic carbocycles. The summed E-state index contributed by atoms with van der Waals surface area (Å²) in [6.07, 6.45) is 7.40. The molecule has 0 bridgehead atoms. The number of nitrogens with zero attached hydrogens (tertiary/aromatic N) is 8. The molecule has 0 saturated heterocycles. The molecule has 0 radical (unpaired) electrons. The Morgan fingerprint density at radius 1 is 0.356 bits per heavy atom. The molecule has 8 heterocycles. The first-order valence-corrected chi connectivity index (χ1v) is 39.8. The number of aryl methyl sites for hydroxylation is 1. The van der Waals surface area contributed by atoms with Crippen LogP contribution in [-0.2, 0) is 0 Å². The highest BCUT2D eigenvalue weighted by atomic mass is 28.3. The second-order valence-corrected chi connectivity index (χ2v) is 35.7. The van der Waals surface area contributed by atoms with E-state index in [1.807, 2.05) is 122 Å². The fourth-order valence-electron chi connectivity index (χ4n) is 14.9. The van der Waals surface area contributed by atoms with E-state index in [9.17, 15) is 0 Å². The summed E-state index contributed by atoms with van der Waals surface area (Å²) in [4.78, 5) is 33.2. The van der Waals surface area contributed by atoms with Crippen molar-refractivity contribution in [3.63, 3.8) is 0 Å². The lowest BCUT2D eigenvalue weighted by Crippen LogP contribution is -2.50. The van der Waals surface area contributed by atoms with Gasteiger partial charge in [-0.15, -0.1) is 0 Å². The zero-order valence-corrected chi connectivity index (χ0v) is 59.7. The predicted molar refractivity (Wildman–Crippen MR) is 421 cm³/mol. The summed E-state index contributed by atoms with van der Waals surface area (Å²) in [5, 5.41) is 9.58. The van der Waals surface area contributed by atoms with E-state index in [2.05, 4.69) is 210 Å². The number of fused-ring (bicyclic) bond motifs is 12. The van der Waals surface area contributed by atoms with E-state index < -0.39 is 16.1 Å². The molecular formula is C89H70N8O2Si2. The molecule has 0 N–H and O–H groups in total. The molecule has 486 valence electrons. The highest BCUT2D eigenvalue weighted by Gasteiger charge is 2.42. The quantitative estimate of drug-likeness (QED) is 0.117. The van der Waals surface area contributed by atoms with Gasteiger partial charge in [0, 0.05) is 74.1 Å². The molecule has 0 atom stereocenters. The first-order chi connectivity index (χ1) is 49.0. The zero-order chi connectivity index (χ0) is 70.3. The lowest BCUT2D eigenvalue weighted by molar-refractivity contribution is 0.658. The first-order valence-electron chi connectivity index (χ1n) is 33.8. The van der Waals surface area contributed by atoms with Gasteiger partial charge in [0.15, 0.2) is 17.1 Å². The monoisotopic (exact) mass is 1340 g/mol. The van der Waals surface area contributed by atoms with Crippen LogP contribution in [0.4, 0.5) is 22.7 Å². The summed E-state index contributed by atoms with van der Waals surface area (Å²) in [5.41, 5.74) is 24.7. The fourth-order valence-corrected chi connectivity index (χ4v) is 22.0. The molecule has 0 fully saturated rings. The van der Waals surface area contributed by atoms with E-state index in [0.717, 1.165) is 94.7 Å². The van der Waals surface area contributed by atoms with Crippen molar-refractivity contribution in [2.24, 2.45) is 0 Å². The third-order valence-electron chi connectivity index (χ3n) is 19.6. The van der Waals surface area contributed by atoms with Gasteiger partial charge in [-0.05, 0) is 133 Å². The number of pyridine rings is 4. The number of rotatable bonds is 7. The second kappa shape index (κ2) is 27.1. The highest BCUT2D eigenvalue weighted by molar-refractivity contribution is 7.05. The Morgan fingerprint density at radius 3 is 1.49 bits per heavy atom. The number of para-hydroxylation sites is 2. The molecule has 0 amide bonds. The standard InChI is InChI=1S/C26H20N2Si.2C21H16N2O.C21H18N2Si/c1-27-23-14-8-12-21-20-11-7-13-22(25(20)29(2,3)26(21)23)24-17-19(15-16-28-24)18-9-5-4-6-10-18;1-13(2)14-10-11-16-15-7-6-8-17(18-9-4-5-12-23-18)20(15)24-21(16)19(14)22-3;1-13(2)19-18(22-3)11-10-15-14-7-6-8-16(20(14)24-21(15)19)17-9-4-5-12-23-17;1-14-8-11-19(23-13-14)18-7-5-6-17-16-10-9-15(22-2)12-20(16)24(3,4)21(17)18/h4-17H,2-3H3;2*4-13H,1-2H3;5-13H,1,3-4H3. The van der Waals surface area contributed by atoms with Gasteiger partial charge in [-0.25, -0.2) is 19.4 Å². The van der Waals surface area contributed by atoms with E-state index in [4.69, 9.17) is 40.1 Å². The van der Waals surface area contributed by atoms with Crippen molar-refractivity contribution in [3.8, 4) is 78.4 Å². The minimum atomic E-state index is -2.02. The van der Waals surface area contributed by atoms with Crippen molar-refractivity contribution in [2.75, 3.05) is 0 Å². The lowest BCUT2D eigenvalue weighted by atomic mass is 9.98. The summed E-state index contributed by atoms with van der Waals surface area (Å²) in [5.74, 6) is 0.499. The molecule has 0 spiro atoms. The molecule has 101 heavy (non-hydrogen) atoms. The van der Waals surface area contributed by atoms with Crippen LogP contribution in [0.15, 0.2) is 258 Å². The number of furan rings is 2. The number of benzene rings is 9. The average molecular weight is 1340 g/mol. The molecule has 15 aromatic rings. The van der Waals surface area contributed by atoms with E-state index in [-0.39, 0.29) is 11.8 Å². The van der Waals surface area contributed by atoms with E-state index >= 15 is 0 Å². The molecule has 2 aliphatic rings. The summed E-state index contributed by atoms with van der Waals surface area (Å²) in [6.45, 7) is 49.9. The Hall–Kier alpha value is -12.4. The molecule has 12 heteroatoms. The predicted octanol–water partition coefficient (Wildman–Crippen LogP) is 22.8. The van der Waals surface area contributed by atoms with Crippen molar-refractivity contribution >= 4 is 104 Å². The van der Waals surface area contributed by atoms with Crippen molar-refractivity contribution in [1.82, 2.24) is 19.9 Å². The number of hydrogen-bond donors (Lipinski definition) is 0. The third-order valence-corrected chi connectivity index (χ3v) is 26.7. The SMILES string of the molecule is [C-]#[N+]c1c(C(C)C)ccc2c1oc1c(-c3ccccn3)cccc12.[C-]#[N+]c1ccc2c(c1)[Si](C)(C)c1c(-c3ccc(C)cn3)cccc1-2.[C-]#[N+]c1ccc2c(oc3c(-c4ccccn4)cccc32)c1C(C)C.[C-]#[N+]c1cccc2c1[Si](C)(C)c1c(-c3cc(-c4ccccc4)ccn3)cccc1-2. The van der Waals surface area contributed by atoms with Gasteiger partial charge in [0.05, 0.1) is 49.1 Å². The molecule has 10 nitrogen and oxygen atoms in total. The van der Waals surface area contributed by atoms with Crippen LogP contribution in [0.25, 0.3) is 142 Å². The Kier molecular flexibility index (Phi) is 17.7. The van der Waals surface area contributed by atoms with Gasteiger partial charge in [0.25, 0.3) is 0 Å². The van der Waals surface area contributed by atoms with Gasteiger partial charge in [-0.1, -0.05) is 229 Å². The van der Waals surface area contributed by atoms with Gasteiger partial charge in [-0.3, -0.25) is 19.9 Å². The van der Waals surface area contributed by atoms with Crippen LogP contribution < -0.4 is 20.7 Å². The lowest BCUT2D eigenvalue weighted by Gasteiger charge is -2.23. The van der Waals surface area contributed by atoms with E-state index in [0.29, 0.717) is 17.0 Å².